The molecule has 0 atom stereocenters. The highest BCUT2D eigenvalue weighted by Crippen LogP contribution is 2.47. The normalized spacial score (nSPS) is 13.3. The molecule has 0 unspecified atom stereocenters. The number of benzene rings is 1. The summed E-state index contributed by atoms with van der Waals surface area (Å²) in [4.78, 5) is 2.06. The molecule has 0 aliphatic rings. The molecule has 1 aromatic carbocycles. The van der Waals surface area contributed by atoms with E-state index >= 15 is 0 Å². The van der Waals surface area contributed by atoms with Gasteiger partial charge < -0.3 is 9.05 Å². The number of hydrazone groups is 1. The van der Waals surface area contributed by atoms with Crippen molar-refractivity contribution in [1.29, 1.82) is 0 Å². The third-order valence-electron chi connectivity index (χ3n) is 2.54. The maximum absolute atomic E-state index is 12.0. The fourth-order valence-corrected chi connectivity index (χ4v) is 3.07. The van der Waals surface area contributed by atoms with E-state index in [9.17, 15) is 13.0 Å². The molecular weight excluding hydrogens is 303 g/mol. The van der Waals surface area contributed by atoms with Gasteiger partial charge in [0, 0.05) is 14.2 Å². The summed E-state index contributed by atoms with van der Waals surface area (Å²) in [5.41, 5.74) is 0.852. The zero-order valence-electron chi connectivity index (χ0n) is 11.7. The molecule has 0 bridgehead atoms. The Kier molecular flexibility index (Phi) is 5.47. The van der Waals surface area contributed by atoms with E-state index in [1.54, 1.807) is 12.1 Å². The van der Waals surface area contributed by atoms with Crippen LogP contribution in [0.1, 0.15) is 12.5 Å². The van der Waals surface area contributed by atoms with Crippen LogP contribution in [0.3, 0.4) is 0 Å². The monoisotopic (exact) mass is 320 g/mol. The van der Waals surface area contributed by atoms with Crippen molar-refractivity contribution in [2.75, 3.05) is 14.2 Å². The third-order valence-corrected chi connectivity index (χ3v) is 5.61. The van der Waals surface area contributed by atoms with E-state index < -0.39 is 17.6 Å². The second kappa shape index (κ2) is 6.49. The van der Waals surface area contributed by atoms with Gasteiger partial charge in [-0.3, -0.25) is 4.57 Å². The van der Waals surface area contributed by atoms with Gasteiger partial charge in [-0.15, -0.1) is 0 Å². The van der Waals surface area contributed by atoms with Gasteiger partial charge in [-0.2, -0.15) is 18.4 Å². The molecule has 0 fully saturated rings. The summed E-state index contributed by atoms with van der Waals surface area (Å²) in [6.07, 6.45) is 0. The van der Waals surface area contributed by atoms with Crippen molar-refractivity contribution in [2.45, 2.75) is 18.7 Å². The SMILES string of the molecule is COP(=O)(OC)/C(C)=N/NS(=O)(=O)c1ccc(C)cc1. The Morgan fingerprint density at radius 1 is 1.20 bits per heavy atom. The molecule has 0 spiro atoms. The first-order valence-electron chi connectivity index (χ1n) is 5.60. The molecule has 0 saturated heterocycles. The highest BCUT2D eigenvalue weighted by atomic mass is 32.2. The molecule has 0 saturated carbocycles. The van der Waals surface area contributed by atoms with Crippen molar-refractivity contribution < 1.29 is 22.0 Å². The average Bonchev–Trinajstić information content (AvgIpc) is 2.44. The van der Waals surface area contributed by atoms with Gasteiger partial charge in [-0.25, -0.2) is 0 Å². The summed E-state index contributed by atoms with van der Waals surface area (Å²) in [7, 11) is -4.97. The topological polar surface area (TPSA) is 94.1 Å². The van der Waals surface area contributed by atoms with Crippen LogP contribution in [-0.4, -0.2) is 28.1 Å². The lowest BCUT2D eigenvalue weighted by molar-refractivity contribution is 0.290. The van der Waals surface area contributed by atoms with Crippen LogP contribution >= 0.6 is 7.60 Å². The van der Waals surface area contributed by atoms with Crippen molar-refractivity contribution in [3.05, 3.63) is 29.8 Å². The van der Waals surface area contributed by atoms with Crippen LogP contribution in [-0.2, 0) is 23.6 Å². The Balaban J connectivity index is 2.98. The van der Waals surface area contributed by atoms with E-state index in [2.05, 4.69) is 5.10 Å². The number of rotatable bonds is 6. The quantitative estimate of drug-likeness (QED) is 0.492. The number of sulfonamides is 1. The van der Waals surface area contributed by atoms with Crippen molar-refractivity contribution >= 4 is 23.1 Å². The van der Waals surface area contributed by atoms with Crippen molar-refractivity contribution in [3.63, 3.8) is 0 Å². The van der Waals surface area contributed by atoms with E-state index in [1.165, 1.54) is 33.3 Å². The van der Waals surface area contributed by atoms with Gasteiger partial charge in [0.2, 0.25) is 0 Å². The first kappa shape index (κ1) is 16.8. The lowest BCUT2D eigenvalue weighted by Crippen LogP contribution is -2.20. The lowest BCUT2D eigenvalue weighted by atomic mass is 10.2. The number of nitrogens with zero attached hydrogens (tertiary/aromatic N) is 1. The van der Waals surface area contributed by atoms with Crippen molar-refractivity contribution in [3.8, 4) is 0 Å². The van der Waals surface area contributed by atoms with Crippen LogP contribution in [0.25, 0.3) is 0 Å². The first-order chi connectivity index (χ1) is 9.25. The maximum Gasteiger partial charge on any atom is 0.376 e. The predicted octanol–water partition coefficient (Wildman–Crippen LogP) is 2.09. The number of hydrogen-bond donors (Lipinski definition) is 1. The first-order valence-corrected chi connectivity index (χ1v) is 8.62. The molecule has 1 N–H and O–H groups in total. The molecule has 0 aliphatic carbocycles. The smallest absolute Gasteiger partial charge is 0.308 e. The third kappa shape index (κ3) is 3.89. The molecule has 1 aromatic rings. The van der Waals surface area contributed by atoms with Gasteiger partial charge in [0.25, 0.3) is 10.0 Å². The molecule has 0 aliphatic heterocycles. The molecule has 0 heterocycles. The molecular formula is C11H17N2O5PS. The average molecular weight is 320 g/mol. The molecule has 0 aromatic heterocycles. The van der Waals surface area contributed by atoms with Crippen LogP contribution in [0.5, 0.6) is 0 Å². The minimum Gasteiger partial charge on any atom is -0.308 e. The maximum atomic E-state index is 12.0. The molecule has 9 heteroatoms. The van der Waals surface area contributed by atoms with Gasteiger partial charge in [-0.05, 0) is 26.0 Å². The van der Waals surface area contributed by atoms with Crippen LogP contribution < -0.4 is 4.83 Å². The Morgan fingerprint density at radius 3 is 2.15 bits per heavy atom. The minimum atomic E-state index is -3.82. The predicted molar refractivity (Wildman–Crippen MR) is 76.2 cm³/mol. The van der Waals surface area contributed by atoms with Crippen LogP contribution in [0.4, 0.5) is 0 Å². The van der Waals surface area contributed by atoms with E-state index in [0.717, 1.165) is 5.56 Å². The van der Waals surface area contributed by atoms with E-state index in [4.69, 9.17) is 9.05 Å². The molecule has 0 radical (unpaired) electrons. The van der Waals surface area contributed by atoms with Gasteiger partial charge in [0.1, 0.15) is 5.45 Å². The zero-order chi connectivity index (χ0) is 15.4. The van der Waals surface area contributed by atoms with Gasteiger partial charge in [0.15, 0.2) is 0 Å². The second-order valence-corrected chi connectivity index (χ2v) is 7.96. The summed E-state index contributed by atoms with van der Waals surface area (Å²) in [6, 6.07) is 6.24. The number of hydrogen-bond acceptors (Lipinski definition) is 6. The van der Waals surface area contributed by atoms with E-state index in [-0.39, 0.29) is 10.3 Å². The highest BCUT2D eigenvalue weighted by Gasteiger charge is 2.26. The molecule has 7 nitrogen and oxygen atoms in total. The highest BCUT2D eigenvalue weighted by molar-refractivity contribution is 7.89. The molecule has 20 heavy (non-hydrogen) atoms. The van der Waals surface area contributed by atoms with Gasteiger partial charge in [0.05, 0.1) is 4.90 Å². The zero-order valence-corrected chi connectivity index (χ0v) is 13.4. The van der Waals surface area contributed by atoms with Crippen LogP contribution in [0, 0.1) is 6.92 Å². The van der Waals surface area contributed by atoms with Crippen molar-refractivity contribution in [2.24, 2.45) is 5.10 Å². The Labute approximate surface area is 118 Å². The van der Waals surface area contributed by atoms with Gasteiger partial charge >= 0.3 is 7.60 Å². The molecule has 112 valence electrons. The Hall–Kier alpha value is -1.21. The van der Waals surface area contributed by atoms with Crippen LogP contribution in [0.15, 0.2) is 34.3 Å². The largest absolute Gasteiger partial charge is 0.376 e. The lowest BCUT2D eigenvalue weighted by Gasteiger charge is -2.13. The summed E-state index contributed by atoms with van der Waals surface area (Å²) in [5, 5.41) is 3.57. The second-order valence-electron chi connectivity index (χ2n) is 3.93. The van der Waals surface area contributed by atoms with Crippen molar-refractivity contribution in [1.82, 2.24) is 4.83 Å². The molecule has 0 amide bonds. The Morgan fingerprint density at radius 2 is 1.70 bits per heavy atom. The van der Waals surface area contributed by atoms with E-state index in [0.29, 0.717) is 0 Å². The minimum absolute atomic E-state index is 0.0596. The summed E-state index contributed by atoms with van der Waals surface area (Å²) in [5.74, 6) is 0. The number of aryl methyl sites for hydroxylation is 1. The number of nitrogens with one attached hydrogen (secondary N) is 1. The van der Waals surface area contributed by atoms with Crippen LogP contribution in [0.2, 0.25) is 0 Å². The summed E-state index contributed by atoms with van der Waals surface area (Å²) < 4.78 is 45.3. The summed E-state index contributed by atoms with van der Waals surface area (Å²) in [6.45, 7) is 3.20. The fourth-order valence-electron chi connectivity index (χ4n) is 1.30. The van der Waals surface area contributed by atoms with Gasteiger partial charge in [-0.1, -0.05) is 17.7 Å². The summed E-state index contributed by atoms with van der Waals surface area (Å²) >= 11 is 0. The molecule has 1 rings (SSSR count). The van der Waals surface area contributed by atoms with E-state index in [1.807, 2.05) is 11.8 Å². The standard InChI is InChI=1S/C11H17N2O5PS/c1-9-5-7-11(8-6-9)20(15,16)13-12-10(2)19(14,17-3)18-4/h5-8,13H,1-4H3/b12-10+. The Bertz CT molecular complexity index is 631. The fraction of sp³-hybridized carbons (Fsp3) is 0.364.